The molecule has 3 heterocycles. The van der Waals surface area contributed by atoms with Crippen LogP contribution in [-0.4, -0.2) is 65.9 Å². The molecule has 2 unspecified atom stereocenters. The van der Waals surface area contributed by atoms with Crippen molar-refractivity contribution < 1.29 is 14.0 Å². The predicted octanol–water partition coefficient (Wildman–Crippen LogP) is 4.07. The second-order valence-corrected chi connectivity index (χ2v) is 8.92. The molecule has 174 valence electrons. The standard InChI is InChI=1S/C27H28N4O3/c1-18-17-30(27(33)25-28-13-12-21(16-29-25)20-8-4-3-5-9-20)14-15-31(18)26(32)24-19(2)34-23-11-7-6-10-22(23)24/h3-11,16,18,21H,12-15,17H2,1-2H3. The minimum Gasteiger partial charge on any atom is -0.461 e. The van der Waals surface area contributed by atoms with Gasteiger partial charge in [-0.2, -0.15) is 0 Å². The van der Waals surface area contributed by atoms with Crippen LogP contribution in [0.5, 0.6) is 0 Å². The predicted molar refractivity (Wildman–Crippen MR) is 133 cm³/mol. The van der Waals surface area contributed by atoms with Gasteiger partial charge in [0.15, 0.2) is 0 Å². The van der Waals surface area contributed by atoms with Gasteiger partial charge in [-0.3, -0.25) is 14.6 Å². The summed E-state index contributed by atoms with van der Waals surface area (Å²) in [6, 6.07) is 17.6. The molecule has 0 radical (unpaired) electrons. The van der Waals surface area contributed by atoms with Crippen LogP contribution in [0.1, 0.15) is 40.9 Å². The number of amides is 2. The monoisotopic (exact) mass is 456 g/mol. The Morgan fingerprint density at radius 1 is 1.00 bits per heavy atom. The first-order valence-corrected chi connectivity index (χ1v) is 11.7. The summed E-state index contributed by atoms with van der Waals surface area (Å²) in [5, 5.41) is 0.825. The highest BCUT2D eigenvalue weighted by molar-refractivity contribution is 6.39. The SMILES string of the molecule is Cc1oc2ccccc2c1C(=O)N1CCN(C(=O)C2=NCCC(c3ccccc3)C=N2)CC1C. The minimum atomic E-state index is -0.172. The van der Waals surface area contributed by atoms with E-state index in [-0.39, 0.29) is 29.6 Å². The molecule has 0 aliphatic carbocycles. The fourth-order valence-electron chi connectivity index (χ4n) is 4.82. The van der Waals surface area contributed by atoms with Gasteiger partial charge >= 0.3 is 0 Å². The van der Waals surface area contributed by atoms with E-state index in [2.05, 4.69) is 22.1 Å². The van der Waals surface area contributed by atoms with E-state index in [1.54, 1.807) is 4.90 Å². The van der Waals surface area contributed by atoms with Crippen molar-refractivity contribution in [1.29, 1.82) is 0 Å². The fourth-order valence-corrected chi connectivity index (χ4v) is 4.82. The molecule has 1 fully saturated rings. The highest BCUT2D eigenvalue weighted by Crippen LogP contribution is 2.28. The second kappa shape index (κ2) is 9.25. The van der Waals surface area contributed by atoms with Crippen LogP contribution in [-0.2, 0) is 4.79 Å². The van der Waals surface area contributed by atoms with E-state index in [9.17, 15) is 9.59 Å². The maximum atomic E-state index is 13.4. The number of hydrogen-bond donors (Lipinski definition) is 0. The van der Waals surface area contributed by atoms with Crippen LogP contribution in [0.25, 0.3) is 11.0 Å². The molecule has 0 bridgehead atoms. The maximum absolute atomic E-state index is 13.4. The summed E-state index contributed by atoms with van der Waals surface area (Å²) in [7, 11) is 0. The molecule has 2 atom stereocenters. The van der Waals surface area contributed by atoms with Gasteiger partial charge in [0.2, 0.25) is 5.84 Å². The third-order valence-corrected chi connectivity index (χ3v) is 6.66. The van der Waals surface area contributed by atoms with Crippen LogP contribution < -0.4 is 0 Å². The van der Waals surface area contributed by atoms with Crippen molar-refractivity contribution in [2.24, 2.45) is 9.98 Å². The number of aliphatic imine (C=N–C) groups is 2. The number of nitrogens with zero attached hydrogens (tertiary/aromatic N) is 4. The Balaban J connectivity index is 1.27. The lowest BCUT2D eigenvalue weighted by Gasteiger charge is -2.39. The van der Waals surface area contributed by atoms with Crippen molar-refractivity contribution in [1.82, 2.24) is 9.80 Å². The Kier molecular flexibility index (Phi) is 6.01. The Bertz CT molecular complexity index is 1280. The van der Waals surface area contributed by atoms with Gasteiger partial charge in [-0.1, -0.05) is 48.5 Å². The summed E-state index contributed by atoms with van der Waals surface area (Å²) in [6.45, 7) is 5.69. The summed E-state index contributed by atoms with van der Waals surface area (Å²) in [6.07, 6.45) is 2.66. The molecular formula is C27H28N4O3. The summed E-state index contributed by atoms with van der Waals surface area (Å²) in [5.41, 5.74) is 2.49. The van der Waals surface area contributed by atoms with Gasteiger partial charge in [0, 0.05) is 49.7 Å². The largest absolute Gasteiger partial charge is 0.461 e. The van der Waals surface area contributed by atoms with Crippen LogP contribution in [0.2, 0.25) is 0 Å². The molecule has 2 aliphatic rings. The number of aryl methyl sites for hydroxylation is 1. The number of hydrogen-bond acceptors (Lipinski definition) is 5. The van der Waals surface area contributed by atoms with Crippen LogP contribution >= 0.6 is 0 Å². The zero-order valence-electron chi connectivity index (χ0n) is 19.5. The van der Waals surface area contributed by atoms with Gasteiger partial charge in [-0.25, -0.2) is 4.99 Å². The summed E-state index contributed by atoms with van der Waals surface area (Å²) >= 11 is 0. The van der Waals surface area contributed by atoms with E-state index < -0.39 is 0 Å². The van der Waals surface area contributed by atoms with Crippen molar-refractivity contribution in [3.05, 3.63) is 71.5 Å². The van der Waals surface area contributed by atoms with Crippen LogP contribution in [0.15, 0.2) is 69.0 Å². The molecule has 0 spiro atoms. The Morgan fingerprint density at radius 3 is 2.56 bits per heavy atom. The Hall–Kier alpha value is -3.74. The lowest BCUT2D eigenvalue weighted by molar-refractivity contribution is -0.126. The summed E-state index contributed by atoms with van der Waals surface area (Å²) < 4.78 is 5.79. The van der Waals surface area contributed by atoms with Crippen molar-refractivity contribution in [2.75, 3.05) is 26.2 Å². The fraction of sp³-hybridized carbons (Fsp3) is 0.333. The molecule has 0 N–H and O–H groups in total. The number of furan rings is 1. The Labute approximate surface area is 198 Å². The topological polar surface area (TPSA) is 78.5 Å². The molecule has 7 heteroatoms. The quantitative estimate of drug-likeness (QED) is 0.596. The van der Waals surface area contributed by atoms with Gasteiger partial charge in [0.05, 0.1) is 5.56 Å². The van der Waals surface area contributed by atoms with Crippen LogP contribution in [0.4, 0.5) is 0 Å². The third kappa shape index (κ3) is 4.14. The van der Waals surface area contributed by atoms with E-state index in [1.807, 2.05) is 67.4 Å². The van der Waals surface area contributed by atoms with E-state index in [0.717, 1.165) is 11.8 Å². The van der Waals surface area contributed by atoms with Gasteiger partial charge in [-0.05, 0) is 31.9 Å². The van der Waals surface area contributed by atoms with E-state index in [1.165, 1.54) is 5.56 Å². The third-order valence-electron chi connectivity index (χ3n) is 6.66. The average Bonchev–Trinajstić information content (AvgIpc) is 3.02. The highest BCUT2D eigenvalue weighted by Gasteiger charge is 2.34. The molecule has 2 amide bonds. The molecule has 3 aromatic rings. The molecule has 2 aromatic carbocycles. The average molecular weight is 457 g/mol. The zero-order chi connectivity index (χ0) is 23.7. The van der Waals surface area contributed by atoms with Crippen molar-refractivity contribution in [3.63, 3.8) is 0 Å². The first kappa shape index (κ1) is 22.1. The molecule has 7 nitrogen and oxygen atoms in total. The van der Waals surface area contributed by atoms with Gasteiger partial charge < -0.3 is 14.2 Å². The number of carbonyl (C=O) groups excluding carboxylic acids is 2. The second-order valence-electron chi connectivity index (χ2n) is 8.92. The van der Waals surface area contributed by atoms with E-state index >= 15 is 0 Å². The molecular weight excluding hydrogens is 428 g/mol. The minimum absolute atomic E-state index is 0.0578. The van der Waals surface area contributed by atoms with Crippen molar-refractivity contribution >= 4 is 34.8 Å². The highest BCUT2D eigenvalue weighted by atomic mass is 16.3. The van der Waals surface area contributed by atoms with Crippen molar-refractivity contribution in [3.8, 4) is 0 Å². The number of amidine groups is 1. The molecule has 34 heavy (non-hydrogen) atoms. The first-order valence-electron chi connectivity index (χ1n) is 11.7. The lowest BCUT2D eigenvalue weighted by Crippen LogP contribution is -2.56. The molecule has 5 rings (SSSR count). The Morgan fingerprint density at radius 2 is 1.76 bits per heavy atom. The maximum Gasteiger partial charge on any atom is 0.291 e. The smallest absolute Gasteiger partial charge is 0.291 e. The normalized spacial score (nSPS) is 20.8. The summed E-state index contributed by atoms with van der Waals surface area (Å²) in [5.74, 6) is 0.789. The number of piperazine rings is 1. The van der Waals surface area contributed by atoms with Crippen molar-refractivity contribution in [2.45, 2.75) is 32.2 Å². The molecule has 0 saturated carbocycles. The molecule has 1 aromatic heterocycles. The zero-order valence-corrected chi connectivity index (χ0v) is 19.5. The lowest BCUT2D eigenvalue weighted by atomic mass is 9.97. The van der Waals surface area contributed by atoms with E-state index in [0.29, 0.717) is 43.1 Å². The number of carbonyl (C=O) groups is 2. The molecule has 2 aliphatic heterocycles. The van der Waals surface area contributed by atoms with Gasteiger partial charge in [0.25, 0.3) is 11.8 Å². The van der Waals surface area contributed by atoms with E-state index in [4.69, 9.17) is 4.42 Å². The summed E-state index contributed by atoms with van der Waals surface area (Å²) in [4.78, 5) is 39.1. The van der Waals surface area contributed by atoms with Crippen LogP contribution in [0, 0.1) is 6.92 Å². The van der Waals surface area contributed by atoms with Crippen LogP contribution in [0.3, 0.4) is 0 Å². The number of rotatable bonds is 3. The van der Waals surface area contributed by atoms with Gasteiger partial charge in [-0.15, -0.1) is 0 Å². The number of benzene rings is 2. The molecule has 1 saturated heterocycles. The van der Waals surface area contributed by atoms with Gasteiger partial charge in [0.1, 0.15) is 11.3 Å². The first-order chi connectivity index (χ1) is 16.5. The number of para-hydroxylation sites is 1. The number of fused-ring (bicyclic) bond motifs is 1.